The number of carboxylic acid groups (broad SMARTS) is 1. The minimum Gasteiger partial charge on any atom is -0.493 e. The van der Waals surface area contributed by atoms with Crippen molar-refractivity contribution in [3.8, 4) is 11.5 Å². The fourth-order valence-electron chi connectivity index (χ4n) is 1.61. The topological polar surface area (TPSA) is 68.7 Å². The number of para-hydroxylation sites is 2. The van der Waals surface area contributed by atoms with Gasteiger partial charge in [0.1, 0.15) is 4.34 Å². The molecule has 5 nitrogen and oxygen atoms in total. The Morgan fingerprint density at radius 3 is 2.86 bits per heavy atom. The monoisotopic (exact) mass is 325 g/mol. The van der Waals surface area contributed by atoms with Crippen LogP contribution in [0.15, 0.2) is 34.0 Å². The van der Waals surface area contributed by atoms with Crippen molar-refractivity contribution in [2.45, 2.75) is 10.8 Å². The van der Waals surface area contributed by atoms with Crippen molar-refractivity contribution in [2.75, 3.05) is 19.5 Å². The lowest BCUT2D eigenvalue weighted by molar-refractivity contribution is -0.136. The van der Waals surface area contributed by atoms with Crippen molar-refractivity contribution in [1.29, 1.82) is 0 Å². The molecule has 7 heteroatoms. The molecule has 0 fully saturated rings. The first-order valence-corrected chi connectivity index (χ1v) is 8.10. The van der Waals surface area contributed by atoms with Crippen LogP contribution in [0.2, 0.25) is 0 Å². The molecule has 0 aliphatic carbocycles. The highest BCUT2D eigenvalue weighted by Crippen LogP contribution is 2.27. The van der Waals surface area contributed by atoms with E-state index in [4.69, 9.17) is 14.6 Å². The third kappa shape index (κ3) is 4.95. The first-order chi connectivity index (χ1) is 10.2. The molecule has 0 bridgehead atoms. The number of benzene rings is 1. The molecule has 1 aromatic heterocycles. The van der Waals surface area contributed by atoms with Gasteiger partial charge in [-0.2, -0.15) is 0 Å². The van der Waals surface area contributed by atoms with Crippen LogP contribution in [0.4, 0.5) is 0 Å². The molecule has 2 aromatic rings. The van der Waals surface area contributed by atoms with Crippen LogP contribution in [-0.2, 0) is 11.2 Å². The normalized spacial score (nSPS) is 10.3. The summed E-state index contributed by atoms with van der Waals surface area (Å²) in [6, 6.07) is 7.49. The molecule has 0 aliphatic heterocycles. The molecule has 0 atom stereocenters. The zero-order chi connectivity index (χ0) is 15.1. The summed E-state index contributed by atoms with van der Waals surface area (Å²) in [4.78, 5) is 14.8. The van der Waals surface area contributed by atoms with Crippen molar-refractivity contribution >= 4 is 29.1 Å². The molecule has 0 radical (unpaired) electrons. The molecule has 0 saturated heterocycles. The minimum absolute atomic E-state index is 0.0330. The van der Waals surface area contributed by atoms with Gasteiger partial charge in [-0.05, 0) is 12.1 Å². The molecule has 21 heavy (non-hydrogen) atoms. The molecule has 1 heterocycles. The molecular formula is C14H15NO4S2. The number of ether oxygens (including phenoxy) is 2. The van der Waals surface area contributed by atoms with E-state index < -0.39 is 5.97 Å². The second kappa shape index (κ2) is 7.90. The maximum Gasteiger partial charge on any atom is 0.309 e. The summed E-state index contributed by atoms with van der Waals surface area (Å²) in [6.07, 6.45) is -0.0330. The Morgan fingerprint density at radius 1 is 1.38 bits per heavy atom. The Balaban J connectivity index is 1.77. The van der Waals surface area contributed by atoms with Crippen LogP contribution in [0.1, 0.15) is 5.69 Å². The molecule has 112 valence electrons. The van der Waals surface area contributed by atoms with Crippen molar-refractivity contribution in [1.82, 2.24) is 4.98 Å². The number of thiazole rings is 1. The summed E-state index contributed by atoms with van der Waals surface area (Å²) in [5.41, 5.74) is 0.598. The Bertz CT molecular complexity index is 600. The van der Waals surface area contributed by atoms with E-state index in [0.29, 0.717) is 23.8 Å². The molecule has 0 amide bonds. The minimum atomic E-state index is -0.864. The van der Waals surface area contributed by atoms with Gasteiger partial charge in [0.25, 0.3) is 0 Å². The number of carboxylic acids is 1. The van der Waals surface area contributed by atoms with Crippen molar-refractivity contribution in [3.63, 3.8) is 0 Å². The third-order valence-corrected chi connectivity index (χ3v) is 4.53. The van der Waals surface area contributed by atoms with Crippen LogP contribution in [0, 0.1) is 0 Å². The number of methoxy groups -OCH3 is 1. The van der Waals surface area contributed by atoms with Crippen molar-refractivity contribution < 1.29 is 19.4 Å². The Morgan fingerprint density at radius 2 is 2.14 bits per heavy atom. The van der Waals surface area contributed by atoms with Crippen molar-refractivity contribution in [2.24, 2.45) is 0 Å². The number of rotatable bonds is 8. The highest BCUT2D eigenvalue weighted by atomic mass is 32.2. The van der Waals surface area contributed by atoms with Crippen LogP contribution >= 0.6 is 23.1 Å². The molecular weight excluding hydrogens is 310 g/mol. The van der Waals surface area contributed by atoms with Crippen LogP contribution in [-0.4, -0.2) is 35.5 Å². The van der Waals surface area contributed by atoms with E-state index in [0.717, 1.165) is 10.1 Å². The molecule has 0 saturated carbocycles. The summed E-state index contributed by atoms with van der Waals surface area (Å²) in [6.45, 7) is 0.527. The SMILES string of the molecule is COc1ccccc1OCCSc1nc(CC(=O)O)cs1. The van der Waals surface area contributed by atoms with Crippen LogP contribution in [0.5, 0.6) is 11.5 Å². The van der Waals surface area contributed by atoms with Gasteiger partial charge in [-0.25, -0.2) is 4.98 Å². The Kier molecular flexibility index (Phi) is 5.89. The van der Waals surface area contributed by atoms with E-state index in [2.05, 4.69) is 4.98 Å². The van der Waals surface area contributed by atoms with E-state index in [-0.39, 0.29) is 6.42 Å². The summed E-state index contributed by atoms with van der Waals surface area (Å²) < 4.78 is 11.7. The van der Waals surface area contributed by atoms with Gasteiger partial charge in [0, 0.05) is 11.1 Å². The zero-order valence-corrected chi connectivity index (χ0v) is 13.1. The number of nitrogens with zero attached hydrogens (tertiary/aromatic N) is 1. The number of hydrogen-bond acceptors (Lipinski definition) is 6. The molecule has 0 unspecified atom stereocenters. The fourth-order valence-corrected chi connectivity index (χ4v) is 3.34. The highest BCUT2D eigenvalue weighted by molar-refractivity contribution is 8.01. The molecule has 1 N–H and O–H groups in total. The van der Waals surface area contributed by atoms with E-state index >= 15 is 0 Å². The van der Waals surface area contributed by atoms with Gasteiger partial charge >= 0.3 is 5.97 Å². The maximum absolute atomic E-state index is 10.6. The lowest BCUT2D eigenvalue weighted by atomic mass is 10.3. The Labute approximate surface area is 130 Å². The van der Waals surface area contributed by atoms with Gasteiger partial charge in [0.2, 0.25) is 0 Å². The average molecular weight is 325 g/mol. The third-order valence-electron chi connectivity index (χ3n) is 2.50. The standard InChI is InChI=1S/C14H15NO4S2/c1-18-11-4-2-3-5-12(11)19-6-7-20-14-15-10(9-21-14)8-13(16)17/h2-5,9H,6-8H2,1H3,(H,16,17). The zero-order valence-electron chi connectivity index (χ0n) is 11.4. The lowest BCUT2D eigenvalue weighted by Crippen LogP contribution is -2.02. The molecule has 1 aromatic carbocycles. The van der Waals surface area contributed by atoms with Crippen LogP contribution < -0.4 is 9.47 Å². The fraction of sp³-hybridized carbons (Fsp3) is 0.286. The number of aliphatic carboxylic acids is 1. The second-order valence-corrected chi connectivity index (χ2v) is 6.22. The quantitative estimate of drug-likeness (QED) is 0.594. The van der Waals surface area contributed by atoms with Gasteiger partial charge in [-0.1, -0.05) is 23.9 Å². The first-order valence-electron chi connectivity index (χ1n) is 6.24. The summed E-state index contributed by atoms with van der Waals surface area (Å²) >= 11 is 3.00. The highest BCUT2D eigenvalue weighted by Gasteiger charge is 2.07. The second-order valence-electron chi connectivity index (χ2n) is 4.02. The molecule has 0 aliphatic rings. The summed E-state index contributed by atoms with van der Waals surface area (Å²) in [7, 11) is 1.61. The predicted octanol–water partition coefficient (Wildman–Crippen LogP) is 2.95. The predicted molar refractivity (Wildman–Crippen MR) is 82.7 cm³/mol. The van der Waals surface area contributed by atoms with E-state index in [1.165, 1.54) is 11.3 Å². The number of aromatic nitrogens is 1. The average Bonchev–Trinajstić information content (AvgIpc) is 2.90. The van der Waals surface area contributed by atoms with Gasteiger partial charge in [-0.3, -0.25) is 4.79 Å². The molecule has 2 rings (SSSR count). The van der Waals surface area contributed by atoms with E-state index in [1.54, 1.807) is 24.3 Å². The van der Waals surface area contributed by atoms with Gasteiger partial charge in [-0.15, -0.1) is 11.3 Å². The Hall–Kier alpha value is -1.73. The number of thioether (sulfide) groups is 1. The van der Waals surface area contributed by atoms with E-state index in [9.17, 15) is 4.79 Å². The van der Waals surface area contributed by atoms with Gasteiger partial charge < -0.3 is 14.6 Å². The van der Waals surface area contributed by atoms with Crippen LogP contribution in [0.3, 0.4) is 0 Å². The van der Waals surface area contributed by atoms with Gasteiger partial charge in [0.15, 0.2) is 11.5 Å². The summed E-state index contributed by atoms with van der Waals surface area (Å²) in [5.74, 6) is 1.29. The summed E-state index contributed by atoms with van der Waals surface area (Å²) in [5, 5.41) is 10.5. The smallest absolute Gasteiger partial charge is 0.309 e. The number of hydrogen-bond donors (Lipinski definition) is 1. The van der Waals surface area contributed by atoms with Crippen molar-refractivity contribution in [3.05, 3.63) is 35.3 Å². The van der Waals surface area contributed by atoms with E-state index in [1.807, 2.05) is 24.3 Å². The first kappa shape index (κ1) is 15.7. The van der Waals surface area contributed by atoms with Crippen LogP contribution in [0.25, 0.3) is 0 Å². The number of carbonyl (C=O) groups is 1. The molecule has 0 spiro atoms. The lowest BCUT2D eigenvalue weighted by Gasteiger charge is -2.09. The van der Waals surface area contributed by atoms with Gasteiger partial charge in [0.05, 0.1) is 25.8 Å². The maximum atomic E-state index is 10.6. The largest absolute Gasteiger partial charge is 0.493 e.